The Morgan fingerprint density at radius 2 is 1.95 bits per heavy atom. The topological polar surface area (TPSA) is 47.3 Å². The first-order chi connectivity index (χ1) is 9.19. The highest BCUT2D eigenvalue weighted by molar-refractivity contribution is 5.30. The van der Waals surface area contributed by atoms with Crippen LogP contribution in [0.2, 0.25) is 0 Å². The fraction of sp³-hybridized carbons (Fsp3) is 0.538. The van der Waals surface area contributed by atoms with E-state index in [0.29, 0.717) is 18.1 Å². The third kappa shape index (κ3) is 3.28. The fourth-order valence-corrected chi connectivity index (χ4v) is 2.03. The lowest BCUT2D eigenvalue weighted by molar-refractivity contribution is -0.140. The minimum Gasteiger partial charge on any atom is -0.376 e. The van der Waals surface area contributed by atoms with E-state index in [4.69, 9.17) is 10.6 Å². The van der Waals surface area contributed by atoms with E-state index in [1.807, 2.05) is 6.92 Å². The Hall–Kier alpha value is -1.18. The molecule has 1 aromatic carbocycles. The van der Waals surface area contributed by atoms with Crippen LogP contribution in [0.25, 0.3) is 0 Å². The van der Waals surface area contributed by atoms with Crippen LogP contribution in [0.4, 0.5) is 17.6 Å². The van der Waals surface area contributed by atoms with Crippen LogP contribution in [-0.4, -0.2) is 12.7 Å². The summed E-state index contributed by atoms with van der Waals surface area (Å²) in [4.78, 5) is 0. The Labute approximate surface area is 115 Å². The largest absolute Gasteiger partial charge is 0.419 e. The van der Waals surface area contributed by atoms with Gasteiger partial charge in [-0.1, -0.05) is 13.0 Å². The molecule has 2 atom stereocenters. The monoisotopic (exact) mass is 294 g/mol. The van der Waals surface area contributed by atoms with Crippen molar-refractivity contribution < 1.29 is 22.3 Å². The Balaban J connectivity index is 3.23. The number of nitrogens with two attached hydrogens (primary N) is 1. The predicted octanol–water partition coefficient (Wildman–Crippen LogP) is 3.16. The first-order valence-electron chi connectivity index (χ1n) is 6.07. The van der Waals surface area contributed by atoms with Gasteiger partial charge >= 0.3 is 6.18 Å². The van der Waals surface area contributed by atoms with Crippen LogP contribution in [0.3, 0.4) is 0 Å². The number of nitrogens with one attached hydrogen (secondary N) is 1. The molecular formula is C13H18F4N2O. The van der Waals surface area contributed by atoms with Crippen molar-refractivity contribution in [1.82, 2.24) is 5.43 Å². The van der Waals surface area contributed by atoms with E-state index < -0.39 is 29.2 Å². The molecule has 0 fully saturated rings. The normalized spacial score (nSPS) is 16.8. The summed E-state index contributed by atoms with van der Waals surface area (Å²) in [6.07, 6.45) is -4.18. The minimum absolute atomic E-state index is 0.296. The number of methoxy groups -OCH3 is 1. The molecule has 0 spiro atoms. The highest BCUT2D eigenvalue weighted by Crippen LogP contribution is 2.35. The van der Waals surface area contributed by atoms with E-state index in [1.54, 1.807) is 6.92 Å². The van der Waals surface area contributed by atoms with Gasteiger partial charge in [0.1, 0.15) is 5.82 Å². The molecule has 20 heavy (non-hydrogen) atoms. The molecule has 114 valence electrons. The van der Waals surface area contributed by atoms with Gasteiger partial charge in [0.25, 0.3) is 0 Å². The molecular weight excluding hydrogens is 276 g/mol. The second-order valence-corrected chi connectivity index (χ2v) is 4.71. The first kappa shape index (κ1) is 16.9. The molecule has 0 aliphatic heterocycles. The molecule has 0 aliphatic carbocycles. The molecule has 0 saturated heterocycles. The molecule has 3 nitrogen and oxygen atoms in total. The van der Waals surface area contributed by atoms with Gasteiger partial charge in [-0.05, 0) is 31.0 Å². The summed E-state index contributed by atoms with van der Waals surface area (Å²) in [6, 6.07) is 2.11. The molecule has 0 aromatic heterocycles. The van der Waals surface area contributed by atoms with Gasteiger partial charge in [0.2, 0.25) is 0 Å². The van der Waals surface area contributed by atoms with E-state index in [-0.39, 0.29) is 0 Å². The van der Waals surface area contributed by atoms with E-state index in [0.717, 1.165) is 6.07 Å². The van der Waals surface area contributed by atoms with E-state index in [9.17, 15) is 17.6 Å². The molecule has 0 radical (unpaired) electrons. The summed E-state index contributed by atoms with van der Waals surface area (Å²) >= 11 is 0. The van der Waals surface area contributed by atoms with Crippen LogP contribution in [0.5, 0.6) is 0 Å². The van der Waals surface area contributed by atoms with Crippen molar-refractivity contribution in [2.24, 2.45) is 5.84 Å². The number of hydrogen-bond acceptors (Lipinski definition) is 3. The molecule has 1 rings (SSSR count). The molecule has 0 heterocycles. The Morgan fingerprint density at radius 1 is 1.35 bits per heavy atom. The lowest BCUT2D eigenvalue weighted by Crippen LogP contribution is -2.45. The van der Waals surface area contributed by atoms with Gasteiger partial charge in [0.15, 0.2) is 0 Å². The second-order valence-electron chi connectivity index (χ2n) is 4.71. The maximum Gasteiger partial charge on any atom is 0.419 e. The average molecular weight is 294 g/mol. The quantitative estimate of drug-likeness (QED) is 0.498. The molecule has 0 amide bonds. The SMILES string of the molecule is CCC(C)(OC)C(NN)c1ccc(C(F)(F)F)c(F)c1. The molecule has 0 saturated carbocycles. The summed E-state index contributed by atoms with van der Waals surface area (Å²) in [5.41, 5.74) is 0.707. The van der Waals surface area contributed by atoms with Gasteiger partial charge < -0.3 is 4.74 Å². The van der Waals surface area contributed by atoms with Crippen LogP contribution in [0, 0.1) is 5.82 Å². The number of hydrogen-bond donors (Lipinski definition) is 2. The van der Waals surface area contributed by atoms with Crippen molar-refractivity contribution in [2.45, 2.75) is 38.1 Å². The van der Waals surface area contributed by atoms with Crippen LogP contribution >= 0.6 is 0 Å². The van der Waals surface area contributed by atoms with E-state index in [2.05, 4.69) is 5.43 Å². The van der Waals surface area contributed by atoms with Crippen LogP contribution in [0.15, 0.2) is 18.2 Å². The number of hydrazine groups is 1. The van der Waals surface area contributed by atoms with Crippen LogP contribution in [0.1, 0.15) is 37.4 Å². The maximum atomic E-state index is 13.6. The molecule has 0 bridgehead atoms. The van der Waals surface area contributed by atoms with Gasteiger partial charge in [0, 0.05) is 7.11 Å². The van der Waals surface area contributed by atoms with Crippen molar-refractivity contribution in [3.8, 4) is 0 Å². The van der Waals surface area contributed by atoms with E-state index >= 15 is 0 Å². The third-order valence-electron chi connectivity index (χ3n) is 3.58. The first-order valence-corrected chi connectivity index (χ1v) is 6.07. The highest BCUT2D eigenvalue weighted by Gasteiger charge is 2.37. The minimum atomic E-state index is -4.72. The predicted molar refractivity (Wildman–Crippen MR) is 67.2 cm³/mol. The number of ether oxygens (including phenoxy) is 1. The van der Waals surface area contributed by atoms with Crippen LogP contribution < -0.4 is 11.3 Å². The molecule has 2 unspecified atom stereocenters. The van der Waals surface area contributed by atoms with Gasteiger partial charge in [-0.2, -0.15) is 13.2 Å². The standard InChI is InChI=1S/C13H18F4N2O/c1-4-12(2,20-3)11(19-18)8-5-6-9(10(14)7-8)13(15,16)17/h5-7,11,19H,4,18H2,1-3H3. The van der Waals surface area contributed by atoms with Crippen molar-refractivity contribution in [2.75, 3.05) is 7.11 Å². The van der Waals surface area contributed by atoms with E-state index in [1.165, 1.54) is 13.2 Å². The Morgan fingerprint density at radius 3 is 2.30 bits per heavy atom. The number of alkyl halides is 3. The Bertz CT molecular complexity index is 458. The third-order valence-corrected chi connectivity index (χ3v) is 3.58. The maximum absolute atomic E-state index is 13.6. The number of benzene rings is 1. The zero-order valence-electron chi connectivity index (χ0n) is 11.5. The zero-order valence-corrected chi connectivity index (χ0v) is 11.5. The smallest absolute Gasteiger partial charge is 0.376 e. The van der Waals surface area contributed by atoms with Crippen molar-refractivity contribution >= 4 is 0 Å². The lowest BCUT2D eigenvalue weighted by Gasteiger charge is -2.35. The number of halogens is 4. The summed E-state index contributed by atoms with van der Waals surface area (Å²) < 4.78 is 56.5. The Kier molecular flexibility index (Phi) is 5.12. The van der Waals surface area contributed by atoms with Crippen molar-refractivity contribution in [1.29, 1.82) is 0 Å². The van der Waals surface area contributed by atoms with Gasteiger partial charge in [-0.3, -0.25) is 11.3 Å². The van der Waals surface area contributed by atoms with Gasteiger partial charge in [-0.15, -0.1) is 0 Å². The van der Waals surface area contributed by atoms with Crippen molar-refractivity contribution in [3.63, 3.8) is 0 Å². The fourth-order valence-electron chi connectivity index (χ4n) is 2.03. The molecule has 3 N–H and O–H groups in total. The summed E-state index contributed by atoms with van der Waals surface area (Å²) in [5, 5.41) is 0. The lowest BCUT2D eigenvalue weighted by atomic mass is 9.87. The van der Waals surface area contributed by atoms with Gasteiger partial charge in [-0.25, -0.2) is 4.39 Å². The number of rotatable bonds is 5. The second kappa shape index (κ2) is 6.07. The zero-order chi connectivity index (χ0) is 15.6. The highest BCUT2D eigenvalue weighted by atomic mass is 19.4. The van der Waals surface area contributed by atoms with Crippen LogP contribution in [-0.2, 0) is 10.9 Å². The average Bonchev–Trinajstić information content (AvgIpc) is 2.37. The molecule has 7 heteroatoms. The van der Waals surface area contributed by atoms with Crippen molar-refractivity contribution in [3.05, 3.63) is 35.1 Å². The summed E-state index contributed by atoms with van der Waals surface area (Å²) in [7, 11) is 1.47. The molecule has 0 aliphatic rings. The summed E-state index contributed by atoms with van der Waals surface area (Å²) in [6.45, 7) is 3.58. The summed E-state index contributed by atoms with van der Waals surface area (Å²) in [5.74, 6) is 4.11. The van der Waals surface area contributed by atoms with Gasteiger partial charge in [0.05, 0.1) is 17.2 Å². The molecule has 1 aromatic rings.